The number of benzene rings is 2. The van der Waals surface area contributed by atoms with Crippen LogP contribution in [0.1, 0.15) is 30.5 Å². The summed E-state index contributed by atoms with van der Waals surface area (Å²) < 4.78 is 31.4. The quantitative estimate of drug-likeness (QED) is 0.761. The topological polar surface area (TPSA) is 75.7 Å². The van der Waals surface area contributed by atoms with Crippen molar-refractivity contribution in [3.8, 4) is 5.75 Å². The molecule has 0 aliphatic rings. The summed E-state index contributed by atoms with van der Waals surface area (Å²) in [5.41, 5.74) is 4.06. The van der Waals surface area contributed by atoms with Gasteiger partial charge in [-0.3, -0.25) is 9.10 Å². The fraction of sp³-hybridized carbons (Fsp3) is 0.381. The highest BCUT2D eigenvalue weighted by Crippen LogP contribution is 2.25. The van der Waals surface area contributed by atoms with Crippen LogP contribution in [0.15, 0.2) is 36.4 Å². The molecule has 0 fully saturated rings. The minimum Gasteiger partial charge on any atom is -0.491 e. The van der Waals surface area contributed by atoms with E-state index in [0.29, 0.717) is 17.1 Å². The second-order valence-corrected chi connectivity index (χ2v) is 9.16. The number of carbonyl (C=O) groups is 1. The van der Waals surface area contributed by atoms with Crippen molar-refractivity contribution in [3.05, 3.63) is 53.1 Å². The molecule has 1 amide bonds. The lowest BCUT2D eigenvalue weighted by Gasteiger charge is -2.23. The van der Waals surface area contributed by atoms with E-state index in [4.69, 9.17) is 4.74 Å². The zero-order chi connectivity index (χ0) is 21.1. The molecule has 0 bridgehead atoms. The maximum Gasteiger partial charge on any atom is 0.245 e. The molecule has 0 heterocycles. The summed E-state index contributed by atoms with van der Waals surface area (Å²) >= 11 is 0. The number of nitrogens with zero attached hydrogens (tertiary/aromatic N) is 1. The van der Waals surface area contributed by atoms with Gasteiger partial charge in [0.25, 0.3) is 0 Å². The number of aryl methyl sites for hydroxylation is 3. The van der Waals surface area contributed by atoms with E-state index < -0.39 is 15.9 Å². The molecule has 0 unspecified atom stereocenters. The summed E-state index contributed by atoms with van der Waals surface area (Å²) in [7, 11) is -3.66. The van der Waals surface area contributed by atoms with Gasteiger partial charge in [0.15, 0.2) is 0 Å². The molecule has 7 heteroatoms. The zero-order valence-corrected chi connectivity index (χ0v) is 18.1. The Kier molecular flexibility index (Phi) is 6.72. The summed E-state index contributed by atoms with van der Waals surface area (Å²) in [6.45, 7) is 9.27. The van der Waals surface area contributed by atoms with Crippen LogP contribution in [0.3, 0.4) is 0 Å². The van der Waals surface area contributed by atoms with Crippen molar-refractivity contribution in [2.75, 3.05) is 22.4 Å². The van der Waals surface area contributed by atoms with E-state index in [1.807, 2.05) is 46.8 Å². The fourth-order valence-electron chi connectivity index (χ4n) is 3.07. The van der Waals surface area contributed by atoms with Crippen molar-refractivity contribution >= 4 is 27.3 Å². The number of hydrogen-bond acceptors (Lipinski definition) is 4. The van der Waals surface area contributed by atoms with Crippen LogP contribution in [0.4, 0.5) is 11.4 Å². The number of rotatable bonds is 7. The van der Waals surface area contributed by atoms with Gasteiger partial charge in [0.2, 0.25) is 15.9 Å². The molecule has 152 valence electrons. The van der Waals surface area contributed by atoms with Gasteiger partial charge in [-0.2, -0.15) is 0 Å². The lowest BCUT2D eigenvalue weighted by Crippen LogP contribution is -2.37. The summed E-state index contributed by atoms with van der Waals surface area (Å²) in [5, 5.41) is 2.85. The Hall–Kier alpha value is -2.54. The van der Waals surface area contributed by atoms with Crippen LogP contribution in [0.25, 0.3) is 0 Å². The average Bonchev–Trinajstić information content (AvgIpc) is 2.54. The van der Waals surface area contributed by atoms with Crippen LogP contribution in [-0.2, 0) is 14.8 Å². The summed E-state index contributed by atoms with van der Waals surface area (Å²) in [4.78, 5) is 12.6. The fourth-order valence-corrected chi connectivity index (χ4v) is 3.92. The molecule has 0 atom stereocenters. The smallest absolute Gasteiger partial charge is 0.245 e. The Bertz CT molecular complexity index is 945. The van der Waals surface area contributed by atoms with Crippen molar-refractivity contribution < 1.29 is 17.9 Å². The molecule has 0 aromatic heterocycles. The van der Waals surface area contributed by atoms with Crippen molar-refractivity contribution in [1.29, 1.82) is 0 Å². The van der Waals surface area contributed by atoms with Gasteiger partial charge >= 0.3 is 0 Å². The Morgan fingerprint density at radius 2 is 1.71 bits per heavy atom. The second kappa shape index (κ2) is 8.65. The number of sulfonamides is 1. The molecule has 2 aromatic rings. The normalized spacial score (nSPS) is 11.4. The van der Waals surface area contributed by atoms with Crippen LogP contribution in [-0.4, -0.2) is 33.2 Å². The predicted molar refractivity (Wildman–Crippen MR) is 114 cm³/mol. The van der Waals surface area contributed by atoms with Crippen LogP contribution in [0, 0.1) is 20.8 Å². The number of nitrogens with one attached hydrogen (secondary N) is 1. The highest BCUT2D eigenvalue weighted by molar-refractivity contribution is 7.92. The standard InChI is InChI=1S/C21H28N2O4S/c1-14(2)27-19-9-7-8-18(12-19)23(28(6,25)26)13-20(24)22-21-16(4)10-15(3)11-17(21)5/h7-12,14H,13H2,1-6H3,(H,22,24). The first-order chi connectivity index (χ1) is 13.0. The Morgan fingerprint density at radius 3 is 2.25 bits per heavy atom. The minimum absolute atomic E-state index is 0.0438. The van der Waals surface area contributed by atoms with Gasteiger partial charge in [0.05, 0.1) is 18.0 Å². The first-order valence-electron chi connectivity index (χ1n) is 9.09. The number of hydrogen-bond donors (Lipinski definition) is 1. The van der Waals surface area contributed by atoms with E-state index in [1.54, 1.807) is 24.3 Å². The van der Waals surface area contributed by atoms with Gasteiger partial charge in [-0.15, -0.1) is 0 Å². The molecule has 6 nitrogen and oxygen atoms in total. The largest absolute Gasteiger partial charge is 0.491 e. The van der Waals surface area contributed by atoms with Crippen LogP contribution in [0.5, 0.6) is 5.75 Å². The molecule has 0 aliphatic carbocycles. The van der Waals surface area contributed by atoms with Gasteiger partial charge in [-0.1, -0.05) is 23.8 Å². The first kappa shape index (κ1) is 21.8. The lowest BCUT2D eigenvalue weighted by molar-refractivity contribution is -0.114. The molecule has 1 N–H and O–H groups in total. The molecular weight excluding hydrogens is 376 g/mol. The number of carbonyl (C=O) groups excluding carboxylic acids is 1. The first-order valence-corrected chi connectivity index (χ1v) is 10.9. The minimum atomic E-state index is -3.66. The van der Waals surface area contributed by atoms with Gasteiger partial charge < -0.3 is 10.1 Å². The van der Waals surface area contributed by atoms with E-state index >= 15 is 0 Å². The van der Waals surface area contributed by atoms with Crippen molar-refractivity contribution in [2.45, 2.75) is 40.7 Å². The predicted octanol–water partition coefficient (Wildman–Crippen LogP) is 3.80. The summed E-state index contributed by atoms with van der Waals surface area (Å²) in [6.07, 6.45) is 1.04. The van der Waals surface area contributed by atoms with E-state index in [0.717, 1.165) is 27.3 Å². The van der Waals surface area contributed by atoms with E-state index in [1.165, 1.54) is 0 Å². The molecule has 0 saturated carbocycles. The highest BCUT2D eigenvalue weighted by atomic mass is 32.2. The Labute approximate surface area is 167 Å². The monoisotopic (exact) mass is 404 g/mol. The maximum atomic E-state index is 12.6. The van der Waals surface area contributed by atoms with E-state index in [-0.39, 0.29) is 12.6 Å². The van der Waals surface area contributed by atoms with Crippen LogP contribution in [0.2, 0.25) is 0 Å². The third kappa shape index (κ3) is 5.73. The zero-order valence-electron chi connectivity index (χ0n) is 17.2. The van der Waals surface area contributed by atoms with Crippen molar-refractivity contribution in [1.82, 2.24) is 0 Å². The average molecular weight is 405 g/mol. The van der Waals surface area contributed by atoms with Crippen molar-refractivity contribution in [2.24, 2.45) is 0 Å². The van der Waals surface area contributed by atoms with E-state index in [9.17, 15) is 13.2 Å². The van der Waals surface area contributed by atoms with Gasteiger partial charge in [-0.25, -0.2) is 8.42 Å². The molecule has 0 radical (unpaired) electrons. The van der Waals surface area contributed by atoms with Crippen LogP contribution < -0.4 is 14.4 Å². The Morgan fingerprint density at radius 1 is 1.11 bits per heavy atom. The third-order valence-corrected chi connectivity index (χ3v) is 5.25. The molecule has 0 spiro atoms. The lowest BCUT2D eigenvalue weighted by atomic mass is 10.1. The molecule has 2 aromatic carbocycles. The third-order valence-electron chi connectivity index (χ3n) is 4.11. The molecular formula is C21H28N2O4S. The SMILES string of the molecule is Cc1cc(C)c(NC(=O)CN(c2cccc(OC(C)C)c2)S(C)(=O)=O)c(C)c1. The van der Waals surface area contributed by atoms with Crippen molar-refractivity contribution in [3.63, 3.8) is 0 Å². The highest BCUT2D eigenvalue weighted by Gasteiger charge is 2.22. The van der Waals surface area contributed by atoms with Gasteiger partial charge in [0, 0.05) is 11.8 Å². The number of amides is 1. The van der Waals surface area contributed by atoms with E-state index in [2.05, 4.69) is 5.32 Å². The summed E-state index contributed by atoms with van der Waals surface area (Å²) in [5.74, 6) is 0.141. The number of ether oxygens (including phenoxy) is 1. The van der Waals surface area contributed by atoms with Crippen LogP contribution >= 0.6 is 0 Å². The Balaban J connectivity index is 2.28. The van der Waals surface area contributed by atoms with Gasteiger partial charge in [-0.05, 0) is 57.9 Å². The molecule has 2 rings (SSSR count). The van der Waals surface area contributed by atoms with Gasteiger partial charge in [0.1, 0.15) is 12.3 Å². The number of anilines is 2. The summed E-state index contributed by atoms with van der Waals surface area (Å²) in [6, 6.07) is 10.7. The molecule has 28 heavy (non-hydrogen) atoms. The second-order valence-electron chi connectivity index (χ2n) is 7.26. The molecule has 0 saturated heterocycles. The molecule has 0 aliphatic heterocycles. The maximum absolute atomic E-state index is 12.6.